The zero-order valence-corrected chi connectivity index (χ0v) is 9.75. The Hall–Kier alpha value is -2.15. The Morgan fingerprint density at radius 1 is 1.26 bits per heavy atom. The number of carboxylic acid groups (broad SMARTS) is 1. The number of carboxylic acids is 1. The van der Waals surface area contributed by atoms with Crippen LogP contribution in [0, 0.1) is 17.5 Å². The molecule has 0 radical (unpaired) electrons. The summed E-state index contributed by atoms with van der Waals surface area (Å²) in [7, 11) is 1.19. The van der Waals surface area contributed by atoms with Gasteiger partial charge in [0.2, 0.25) is 0 Å². The molecule has 0 aliphatic rings. The predicted molar refractivity (Wildman–Crippen MR) is 58.8 cm³/mol. The Morgan fingerprint density at radius 2 is 1.79 bits per heavy atom. The summed E-state index contributed by atoms with van der Waals surface area (Å²) >= 11 is 0. The van der Waals surface area contributed by atoms with Gasteiger partial charge in [0.25, 0.3) is 0 Å². The van der Waals surface area contributed by atoms with E-state index in [0.29, 0.717) is 12.1 Å². The van der Waals surface area contributed by atoms with Crippen molar-refractivity contribution in [3.63, 3.8) is 0 Å². The van der Waals surface area contributed by atoms with Crippen molar-refractivity contribution in [1.29, 1.82) is 0 Å². The molecule has 1 aromatic carbocycles. The van der Waals surface area contributed by atoms with Crippen LogP contribution in [0.3, 0.4) is 0 Å². The maximum Gasteiger partial charge on any atom is 0.339 e. The van der Waals surface area contributed by atoms with Gasteiger partial charge in [-0.25, -0.2) is 18.0 Å². The number of ether oxygens (including phenoxy) is 1. The van der Waals surface area contributed by atoms with Gasteiger partial charge in [-0.3, -0.25) is 4.79 Å². The Labute approximate surface area is 106 Å². The standard InChI is InChI=1S/C12H9F3O4/c1-19-5-10(16)7(12(17)18)2-6-3-8(13)11(15)9(14)4-6/h2-4H,5H2,1H3,(H,17,18)/b7-2-. The molecule has 0 heterocycles. The van der Waals surface area contributed by atoms with Gasteiger partial charge in [0.1, 0.15) is 12.2 Å². The van der Waals surface area contributed by atoms with Gasteiger partial charge in [0, 0.05) is 7.11 Å². The molecule has 0 amide bonds. The number of hydrogen-bond donors (Lipinski definition) is 1. The van der Waals surface area contributed by atoms with Crippen molar-refractivity contribution in [2.75, 3.05) is 13.7 Å². The summed E-state index contributed by atoms with van der Waals surface area (Å²) in [5, 5.41) is 8.82. The van der Waals surface area contributed by atoms with Crippen LogP contribution in [0.15, 0.2) is 17.7 Å². The van der Waals surface area contributed by atoms with Gasteiger partial charge in [0.15, 0.2) is 23.2 Å². The molecule has 19 heavy (non-hydrogen) atoms. The van der Waals surface area contributed by atoms with E-state index in [-0.39, 0.29) is 5.56 Å². The first-order valence-electron chi connectivity index (χ1n) is 4.98. The molecular weight excluding hydrogens is 265 g/mol. The first-order valence-corrected chi connectivity index (χ1v) is 4.98. The highest BCUT2D eigenvalue weighted by atomic mass is 19.2. The largest absolute Gasteiger partial charge is 0.478 e. The van der Waals surface area contributed by atoms with E-state index in [1.165, 1.54) is 7.11 Å². The van der Waals surface area contributed by atoms with Crippen LogP contribution < -0.4 is 0 Å². The Bertz CT molecular complexity index is 529. The molecule has 1 N–H and O–H groups in total. The molecule has 0 spiro atoms. The van der Waals surface area contributed by atoms with Crippen molar-refractivity contribution < 1.29 is 32.6 Å². The van der Waals surface area contributed by atoms with Gasteiger partial charge in [-0.1, -0.05) is 0 Å². The molecule has 0 aromatic heterocycles. The van der Waals surface area contributed by atoms with Crippen LogP contribution >= 0.6 is 0 Å². The van der Waals surface area contributed by atoms with Crippen molar-refractivity contribution in [1.82, 2.24) is 0 Å². The second-order valence-corrected chi connectivity index (χ2v) is 3.52. The minimum atomic E-state index is -1.67. The molecule has 0 bridgehead atoms. The van der Waals surface area contributed by atoms with Crippen LogP contribution in [-0.2, 0) is 14.3 Å². The van der Waals surface area contributed by atoms with Gasteiger partial charge in [-0.2, -0.15) is 0 Å². The molecule has 0 saturated carbocycles. The fraction of sp³-hybridized carbons (Fsp3) is 0.167. The van der Waals surface area contributed by atoms with Gasteiger partial charge in [-0.15, -0.1) is 0 Å². The molecule has 1 aromatic rings. The SMILES string of the molecule is COCC(=O)/C(=C/c1cc(F)c(F)c(F)c1)C(=O)O. The number of Topliss-reactive ketones (excluding diaryl/α,β-unsaturated/α-hetero) is 1. The van der Waals surface area contributed by atoms with E-state index < -0.39 is 41.4 Å². The van der Waals surface area contributed by atoms with Crippen LogP contribution in [0.4, 0.5) is 13.2 Å². The number of aliphatic carboxylic acids is 1. The van der Waals surface area contributed by atoms with Crippen LogP contribution in [0.5, 0.6) is 0 Å². The summed E-state index contributed by atoms with van der Waals surface area (Å²) in [6, 6.07) is 1.17. The van der Waals surface area contributed by atoms with Crippen molar-refractivity contribution >= 4 is 17.8 Å². The Morgan fingerprint density at radius 3 is 2.21 bits per heavy atom. The lowest BCUT2D eigenvalue weighted by Gasteiger charge is -2.02. The highest BCUT2D eigenvalue weighted by Gasteiger charge is 2.18. The molecule has 0 unspecified atom stereocenters. The number of methoxy groups -OCH3 is 1. The summed E-state index contributed by atoms with van der Waals surface area (Å²) in [6.07, 6.45) is 0.745. The minimum Gasteiger partial charge on any atom is -0.478 e. The topological polar surface area (TPSA) is 63.6 Å². The normalized spacial score (nSPS) is 11.5. The Kier molecular flexibility index (Phi) is 4.82. The summed E-state index contributed by atoms with van der Waals surface area (Å²) < 4.78 is 43.1. The van der Waals surface area contributed by atoms with Crippen molar-refractivity contribution in [3.8, 4) is 0 Å². The van der Waals surface area contributed by atoms with Gasteiger partial charge < -0.3 is 9.84 Å². The fourth-order valence-electron chi connectivity index (χ4n) is 1.30. The van der Waals surface area contributed by atoms with E-state index in [9.17, 15) is 22.8 Å². The molecule has 7 heteroatoms. The van der Waals surface area contributed by atoms with E-state index in [2.05, 4.69) is 4.74 Å². The number of carbonyl (C=O) groups excluding carboxylic acids is 1. The van der Waals surface area contributed by atoms with Crippen molar-refractivity contribution in [3.05, 3.63) is 40.7 Å². The average molecular weight is 274 g/mol. The smallest absolute Gasteiger partial charge is 0.339 e. The first-order chi connectivity index (χ1) is 8.86. The number of hydrogen-bond acceptors (Lipinski definition) is 3. The molecular formula is C12H9F3O4. The van der Waals surface area contributed by atoms with Gasteiger partial charge in [0.05, 0.1) is 0 Å². The second-order valence-electron chi connectivity index (χ2n) is 3.52. The molecule has 0 saturated heterocycles. The maximum absolute atomic E-state index is 12.9. The van der Waals surface area contributed by atoms with Crippen molar-refractivity contribution in [2.45, 2.75) is 0 Å². The van der Waals surface area contributed by atoms with Crippen LogP contribution in [0.2, 0.25) is 0 Å². The van der Waals surface area contributed by atoms with Gasteiger partial charge in [-0.05, 0) is 23.8 Å². The van der Waals surface area contributed by atoms with E-state index in [1.807, 2.05) is 0 Å². The summed E-state index contributed by atoms with van der Waals surface area (Å²) in [4.78, 5) is 22.2. The van der Waals surface area contributed by atoms with Crippen LogP contribution in [-0.4, -0.2) is 30.6 Å². The molecule has 0 atom stereocenters. The van der Waals surface area contributed by atoms with E-state index in [4.69, 9.17) is 5.11 Å². The lowest BCUT2D eigenvalue weighted by atomic mass is 10.1. The molecule has 0 aliphatic heterocycles. The average Bonchev–Trinajstić information content (AvgIpc) is 2.32. The third-order valence-corrected chi connectivity index (χ3v) is 2.12. The summed E-state index contributed by atoms with van der Waals surface area (Å²) in [6.45, 7) is -0.496. The lowest BCUT2D eigenvalue weighted by Crippen LogP contribution is -2.16. The highest BCUT2D eigenvalue weighted by molar-refractivity contribution is 6.20. The van der Waals surface area contributed by atoms with E-state index in [1.54, 1.807) is 0 Å². The highest BCUT2D eigenvalue weighted by Crippen LogP contribution is 2.16. The van der Waals surface area contributed by atoms with Crippen LogP contribution in [0.25, 0.3) is 6.08 Å². The number of carbonyl (C=O) groups is 2. The summed E-state index contributed by atoms with van der Waals surface area (Å²) in [5.74, 6) is -7.07. The third kappa shape index (κ3) is 3.65. The zero-order valence-electron chi connectivity index (χ0n) is 9.75. The number of ketones is 1. The summed E-state index contributed by atoms with van der Waals surface area (Å²) in [5.41, 5.74) is -0.995. The quantitative estimate of drug-likeness (QED) is 0.385. The molecule has 102 valence electrons. The molecule has 0 fully saturated rings. The number of rotatable bonds is 5. The third-order valence-electron chi connectivity index (χ3n) is 2.12. The molecule has 4 nitrogen and oxygen atoms in total. The Balaban J connectivity index is 3.23. The predicted octanol–water partition coefficient (Wildman–Crippen LogP) is 1.79. The molecule has 0 aliphatic carbocycles. The first kappa shape index (κ1) is 14.9. The monoisotopic (exact) mass is 274 g/mol. The van der Waals surface area contributed by atoms with Crippen LogP contribution in [0.1, 0.15) is 5.56 Å². The lowest BCUT2D eigenvalue weighted by molar-refractivity contribution is -0.135. The number of benzene rings is 1. The zero-order chi connectivity index (χ0) is 14.6. The van der Waals surface area contributed by atoms with E-state index in [0.717, 1.165) is 6.08 Å². The second kappa shape index (κ2) is 6.14. The van der Waals surface area contributed by atoms with Crippen molar-refractivity contribution in [2.24, 2.45) is 0 Å². The number of halogens is 3. The van der Waals surface area contributed by atoms with Gasteiger partial charge >= 0.3 is 5.97 Å². The van der Waals surface area contributed by atoms with E-state index >= 15 is 0 Å². The maximum atomic E-state index is 12.9. The molecule has 1 rings (SSSR count). The minimum absolute atomic E-state index is 0.279. The fourth-order valence-corrected chi connectivity index (χ4v) is 1.30.